The molecule has 2 fully saturated rings. The first-order valence-corrected chi connectivity index (χ1v) is 6.62. The molecule has 1 N–H and O–H groups in total. The Balaban J connectivity index is 1.53. The second-order valence-electron chi connectivity index (χ2n) is 5.19. The van der Waals surface area contributed by atoms with E-state index in [1.807, 2.05) is 6.20 Å². The predicted octanol–water partition coefficient (Wildman–Crippen LogP) is 2.07. The van der Waals surface area contributed by atoms with Crippen molar-refractivity contribution in [1.82, 2.24) is 10.3 Å². The van der Waals surface area contributed by atoms with Gasteiger partial charge in [-0.3, -0.25) is 0 Å². The van der Waals surface area contributed by atoms with Gasteiger partial charge in [0.1, 0.15) is 6.10 Å². The van der Waals surface area contributed by atoms with E-state index >= 15 is 0 Å². The highest BCUT2D eigenvalue weighted by Gasteiger charge is 2.29. The van der Waals surface area contributed by atoms with Crippen molar-refractivity contribution < 1.29 is 9.15 Å². The summed E-state index contributed by atoms with van der Waals surface area (Å²) in [5.74, 6) is 2.27. The first-order chi connectivity index (χ1) is 8.33. The van der Waals surface area contributed by atoms with Crippen molar-refractivity contribution >= 4 is 0 Å². The molecule has 1 aliphatic heterocycles. The fraction of sp³-hybridized carbons (Fsp3) is 0.769. The maximum absolute atomic E-state index is 5.76. The highest BCUT2D eigenvalue weighted by molar-refractivity contribution is 5.02. The summed E-state index contributed by atoms with van der Waals surface area (Å²) in [7, 11) is 0. The summed E-state index contributed by atoms with van der Waals surface area (Å²) in [6, 6.07) is 0.752. The molecule has 2 atom stereocenters. The van der Waals surface area contributed by atoms with E-state index in [1.54, 1.807) is 0 Å². The summed E-state index contributed by atoms with van der Waals surface area (Å²) >= 11 is 0. The second kappa shape index (κ2) is 4.78. The van der Waals surface area contributed by atoms with Crippen LogP contribution in [0.3, 0.4) is 0 Å². The number of oxazole rings is 1. The molecule has 0 bridgehead atoms. The summed E-state index contributed by atoms with van der Waals surface area (Å²) < 4.78 is 11.4. The lowest BCUT2D eigenvalue weighted by molar-refractivity contribution is 0.0749. The highest BCUT2D eigenvalue weighted by atomic mass is 16.5. The monoisotopic (exact) mass is 236 g/mol. The Bertz CT molecular complexity index is 373. The molecular weight excluding hydrogens is 216 g/mol. The standard InChI is InChI=1S/C13H20N2O2/c1-9-5-7-16-13(9)11-8-15-12(17-11)4-6-14-10-2-3-10/h8-10,13-14H,2-7H2,1H3. The van der Waals surface area contributed by atoms with Gasteiger partial charge >= 0.3 is 0 Å². The normalized spacial score (nSPS) is 28.8. The zero-order chi connectivity index (χ0) is 11.7. The summed E-state index contributed by atoms with van der Waals surface area (Å²) in [6.07, 6.45) is 6.59. The Kier molecular flexibility index (Phi) is 3.16. The maximum atomic E-state index is 5.76. The van der Waals surface area contributed by atoms with Gasteiger partial charge in [-0.05, 0) is 25.2 Å². The number of hydrogen-bond acceptors (Lipinski definition) is 4. The molecule has 1 saturated heterocycles. The molecule has 1 aromatic heterocycles. The molecule has 94 valence electrons. The Morgan fingerprint density at radius 1 is 1.41 bits per heavy atom. The smallest absolute Gasteiger partial charge is 0.195 e. The van der Waals surface area contributed by atoms with Gasteiger partial charge in [-0.2, -0.15) is 0 Å². The lowest BCUT2D eigenvalue weighted by Crippen LogP contribution is -2.19. The zero-order valence-corrected chi connectivity index (χ0v) is 10.3. The van der Waals surface area contributed by atoms with E-state index in [4.69, 9.17) is 9.15 Å². The Hall–Kier alpha value is -0.870. The molecule has 0 spiro atoms. The largest absolute Gasteiger partial charge is 0.443 e. The van der Waals surface area contributed by atoms with Gasteiger partial charge in [0.05, 0.1) is 6.20 Å². The van der Waals surface area contributed by atoms with Gasteiger partial charge in [-0.25, -0.2) is 4.98 Å². The third-order valence-corrected chi connectivity index (χ3v) is 3.59. The minimum absolute atomic E-state index is 0.118. The fourth-order valence-electron chi connectivity index (χ4n) is 2.30. The van der Waals surface area contributed by atoms with Gasteiger partial charge in [0.15, 0.2) is 11.7 Å². The van der Waals surface area contributed by atoms with E-state index in [0.29, 0.717) is 5.92 Å². The van der Waals surface area contributed by atoms with Crippen molar-refractivity contribution in [2.24, 2.45) is 5.92 Å². The van der Waals surface area contributed by atoms with E-state index in [1.165, 1.54) is 12.8 Å². The summed E-state index contributed by atoms with van der Waals surface area (Å²) in [6.45, 7) is 4.01. The minimum Gasteiger partial charge on any atom is -0.443 e. The molecule has 1 saturated carbocycles. The molecule has 2 aliphatic rings. The van der Waals surface area contributed by atoms with Crippen LogP contribution in [0.25, 0.3) is 0 Å². The van der Waals surface area contributed by atoms with E-state index < -0.39 is 0 Å². The lowest BCUT2D eigenvalue weighted by Gasteiger charge is -2.10. The van der Waals surface area contributed by atoms with Gasteiger partial charge in [0, 0.05) is 25.6 Å². The minimum atomic E-state index is 0.118. The predicted molar refractivity (Wildman–Crippen MR) is 63.7 cm³/mol. The molecule has 4 heteroatoms. The summed E-state index contributed by atoms with van der Waals surface area (Å²) in [4.78, 5) is 4.33. The van der Waals surface area contributed by atoms with E-state index in [9.17, 15) is 0 Å². The van der Waals surface area contributed by atoms with Crippen LogP contribution in [0.4, 0.5) is 0 Å². The molecule has 0 aromatic carbocycles. The third kappa shape index (κ3) is 2.69. The molecule has 2 heterocycles. The van der Waals surface area contributed by atoms with Crippen LogP contribution in [0.5, 0.6) is 0 Å². The SMILES string of the molecule is CC1CCOC1c1cnc(CCNC2CC2)o1. The van der Waals surface area contributed by atoms with Crippen LogP contribution in [0.2, 0.25) is 0 Å². The number of ether oxygens (including phenoxy) is 1. The van der Waals surface area contributed by atoms with Crippen molar-refractivity contribution in [2.75, 3.05) is 13.2 Å². The van der Waals surface area contributed by atoms with Gasteiger partial charge in [0.2, 0.25) is 0 Å². The number of hydrogen-bond donors (Lipinski definition) is 1. The van der Waals surface area contributed by atoms with Crippen LogP contribution < -0.4 is 5.32 Å². The molecule has 2 unspecified atom stereocenters. The first kappa shape index (κ1) is 11.2. The average molecular weight is 236 g/mol. The molecule has 4 nitrogen and oxygen atoms in total. The Labute approximate surface area is 102 Å². The highest BCUT2D eigenvalue weighted by Crippen LogP contribution is 2.34. The Morgan fingerprint density at radius 3 is 3.00 bits per heavy atom. The van der Waals surface area contributed by atoms with Crippen molar-refractivity contribution in [3.8, 4) is 0 Å². The maximum Gasteiger partial charge on any atom is 0.195 e. The van der Waals surface area contributed by atoms with Crippen molar-refractivity contribution in [2.45, 2.75) is 44.8 Å². The van der Waals surface area contributed by atoms with Crippen molar-refractivity contribution in [3.63, 3.8) is 0 Å². The van der Waals surface area contributed by atoms with Gasteiger partial charge < -0.3 is 14.5 Å². The zero-order valence-electron chi connectivity index (χ0n) is 10.3. The summed E-state index contributed by atoms with van der Waals surface area (Å²) in [5.41, 5.74) is 0. The van der Waals surface area contributed by atoms with Gasteiger partial charge in [-0.15, -0.1) is 0 Å². The van der Waals surface area contributed by atoms with Gasteiger partial charge in [-0.1, -0.05) is 6.92 Å². The van der Waals surface area contributed by atoms with Crippen LogP contribution in [-0.4, -0.2) is 24.2 Å². The number of rotatable bonds is 5. The van der Waals surface area contributed by atoms with Crippen molar-refractivity contribution in [3.05, 3.63) is 17.8 Å². The van der Waals surface area contributed by atoms with Crippen LogP contribution >= 0.6 is 0 Å². The second-order valence-corrected chi connectivity index (χ2v) is 5.19. The van der Waals surface area contributed by atoms with Crippen molar-refractivity contribution in [1.29, 1.82) is 0 Å². The Morgan fingerprint density at radius 2 is 2.29 bits per heavy atom. The number of nitrogens with zero attached hydrogens (tertiary/aromatic N) is 1. The van der Waals surface area contributed by atoms with Gasteiger partial charge in [0.25, 0.3) is 0 Å². The number of nitrogens with one attached hydrogen (secondary N) is 1. The van der Waals surface area contributed by atoms with E-state index in [-0.39, 0.29) is 6.10 Å². The molecule has 1 aromatic rings. The fourth-order valence-corrected chi connectivity index (χ4v) is 2.30. The number of aromatic nitrogens is 1. The van der Waals surface area contributed by atoms with E-state index in [0.717, 1.165) is 43.7 Å². The quantitative estimate of drug-likeness (QED) is 0.850. The molecule has 3 rings (SSSR count). The molecule has 0 radical (unpaired) electrons. The molecular formula is C13H20N2O2. The molecule has 0 amide bonds. The summed E-state index contributed by atoms with van der Waals surface area (Å²) in [5, 5.41) is 3.46. The average Bonchev–Trinajstić information content (AvgIpc) is 2.85. The van der Waals surface area contributed by atoms with Crippen LogP contribution in [-0.2, 0) is 11.2 Å². The lowest BCUT2D eigenvalue weighted by atomic mass is 10.0. The van der Waals surface area contributed by atoms with Crippen LogP contribution in [0, 0.1) is 5.92 Å². The molecule has 1 aliphatic carbocycles. The molecule has 17 heavy (non-hydrogen) atoms. The van der Waals surface area contributed by atoms with Crippen LogP contribution in [0.1, 0.15) is 43.9 Å². The van der Waals surface area contributed by atoms with Crippen LogP contribution in [0.15, 0.2) is 10.6 Å². The van der Waals surface area contributed by atoms with E-state index in [2.05, 4.69) is 17.2 Å². The topological polar surface area (TPSA) is 47.3 Å². The third-order valence-electron chi connectivity index (χ3n) is 3.59. The first-order valence-electron chi connectivity index (χ1n) is 6.62.